The quantitative estimate of drug-likeness (QED) is 0.886. The second kappa shape index (κ2) is 6.34. The summed E-state index contributed by atoms with van der Waals surface area (Å²) in [7, 11) is 0. The maximum atomic E-state index is 13.8. The lowest BCUT2D eigenvalue weighted by Crippen LogP contribution is -2.06. The van der Waals surface area contributed by atoms with Gasteiger partial charge in [0.25, 0.3) is 0 Å². The fourth-order valence-electron chi connectivity index (χ4n) is 1.66. The highest BCUT2D eigenvalue weighted by Crippen LogP contribution is 2.29. The summed E-state index contributed by atoms with van der Waals surface area (Å²) in [5.41, 5.74) is 6.18. The minimum atomic E-state index is -0.595. The second-order valence-electron chi connectivity index (χ2n) is 4.50. The number of aromatic nitrogens is 2. The van der Waals surface area contributed by atoms with Crippen molar-refractivity contribution in [3.63, 3.8) is 0 Å². The fraction of sp³-hybridized carbons (Fsp3) is 0.286. The zero-order chi connectivity index (χ0) is 15.4. The molecule has 2 aromatic rings. The monoisotopic (exact) mass is 294 g/mol. The zero-order valence-corrected chi connectivity index (χ0v) is 11.8. The normalized spacial score (nSPS) is 10.5. The van der Waals surface area contributed by atoms with E-state index < -0.39 is 11.6 Å². The molecule has 0 atom stereocenters. The average Bonchev–Trinajstić information content (AvgIpc) is 2.45. The Balaban J connectivity index is 2.29. The summed E-state index contributed by atoms with van der Waals surface area (Å²) in [4.78, 5) is 7.83. The lowest BCUT2D eigenvalue weighted by molar-refractivity contribution is 0.307. The largest absolute Gasteiger partial charge is 0.476 e. The molecule has 0 bridgehead atoms. The van der Waals surface area contributed by atoms with E-state index in [1.165, 1.54) is 13.3 Å². The van der Waals surface area contributed by atoms with Gasteiger partial charge < -0.3 is 15.8 Å². The molecule has 0 aliphatic carbocycles. The van der Waals surface area contributed by atoms with Gasteiger partial charge >= 0.3 is 0 Å². The summed E-state index contributed by atoms with van der Waals surface area (Å²) in [6.45, 7) is 3.88. The van der Waals surface area contributed by atoms with E-state index in [9.17, 15) is 8.78 Å². The highest BCUT2D eigenvalue weighted by atomic mass is 19.1. The van der Waals surface area contributed by atoms with Crippen LogP contribution in [0.3, 0.4) is 0 Å². The molecule has 0 spiro atoms. The topological polar surface area (TPSA) is 73.1 Å². The zero-order valence-electron chi connectivity index (χ0n) is 11.8. The maximum Gasteiger partial charge on any atom is 0.242 e. The van der Waals surface area contributed by atoms with E-state index in [-0.39, 0.29) is 28.6 Å². The van der Waals surface area contributed by atoms with Crippen molar-refractivity contribution in [2.24, 2.45) is 0 Å². The molecule has 0 saturated carbocycles. The highest BCUT2D eigenvalue weighted by Gasteiger charge is 2.13. The number of hydrogen-bond acceptors (Lipinski definition) is 5. The van der Waals surface area contributed by atoms with Crippen LogP contribution in [0.25, 0.3) is 0 Å². The third-order valence-electron chi connectivity index (χ3n) is 2.79. The first-order chi connectivity index (χ1) is 10.0. The molecule has 5 nitrogen and oxygen atoms in total. The number of hydrogen-bond donors (Lipinski definition) is 2. The van der Waals surface area contributed by atoms with Crippen LogP contribution >= 0.6 is 0 Å². The molecule has 1 aromatic heterocycles. The molecule has 0 fully saturated rings. The number of nitrogens with zero attached hydrogens (tertiary/aromatic N) is 2. The molecule has 1 heterocycles. The summed E-state index contributed by atoms with van der Waals surface area (Å²) in [6, 6.07) is 2.16. The third-order valence-corrected chi connectivity index (χ3v) is 2.79. The Hall–Kier alpha value is -2.44. The summed E-state index contributed by atoms with van der Waals surface area (Å²) >= 11 is 0. The number of halogens is 2. The number of anilines is 3. The predicted octanol–water partition coefficient (Wildman–Crippen LogP) is 3.18. The van der Waals surface area contributed by atoms with Gasteiger partial charge in [-0.05, 0) is 25.0 Å². The average molecular weight is 294 g/mol. The van der Waals surface area contributed by atoms with Crippen LogP contribution in [0.1, 0.15) is 18.9 Å². The van der Waals surface area contributed by atoms with Crippen LogP contribution in [-0.4, -0.2) is 16.6 Å². The van der Waals surface area contributed by atoms with E-state index in [0.717, 1.165) is 18.6 Å². The van der Waals surface area contributed by atoms with E-state index in [1.54, 1.807) is 0 Å². The molecule has 0 unspecified atom stereocenters. The van der Waals surface area contributed by atoms with Crippen LogP contribution in [0.5, 0.6) is 5.88 Å². The van der Waals surface area contributed by atoms with E-state index in [0.29, 0.717) is 6.61 Å². The van der Waals surface area contributed by atoms with Crippen LogP contribution in [0.2, 0.25) is 0 Å². The van der Waals surface area contributed by atoms with Crippen LogP contribution in [0.4, 0.5) is 26.0 Å². The van der Waals surface area contributed by atoms with Gasteiger partial charge in [-0.1, -0.05) is 6.92 Å². The Morgan fingerprint density at radius 2 is 2.00 bits per heavy atom. The van der Waals surface area contributed by atoms with Gasteiger partial charge in [0.05, 0.1) is 12.3 Å². The third kappa shape index (κ3) is 3.36. The van der Waals surface area contributed by atoms with Crippen molar-refractivity contribution in [3.05, 3.63) is 35.7 Å². The second-order valence-corrected chi connectivity index (χ2v) is 4.50. The van der Waals surface area contributed by atoms with Gasteiger partial charge in [-0.15, -0.1) is 0 Å². The molecular formula is C14H16F2N4O. The molecule has 112 valence electrons. The molecule has 3 N–H and O–H groups in total. The number of aryl methyl sites for hydroxylation is 1. The number of rotatable bonds is 5. The van der Waals surface area contributed by atoms with Gasteiger partial charge in [-0.25, -0.2) is 13.8 Å². The molecule has 0 aliphatic heterocycles. The van der Waals surface area contributed by atoms with Gasteiger partial charge in [0.2, 0.25) is 5.88 Å². The highest BCUT2D eigenvalue weighted by molar-refractivity contribution is 5.72. The first kappa shape index (κ1) is 15.0. The minimum Gasteiger partial charge on any atom is -0.476 e. The molecule has 21 heavy (non-hydrogen) atoms. The Morgan fingerprint density at radius 3 is 2.71 bits per heavy atom. The first-order valence-electron chi connectivity index (χ1n) is 6.48. The number of nitrogens with two attached hydrogens (primary N) is 1. The minimum absolute atomic E-state index is 0.0510. The lowest BCUT2D eigenvalue weighted by Gasteiger charge is -2.12. The Labute approximate surface area is 121 Å². The first-order valence-corrected chi connectivity index (χ1v) is 6.48. The lowest BCUT2D eigenvalue weighted by atomic mass is 10.2. The predicted molar refractivity (Wildman–Crippen MR) is 76.6 cm³/mol. The Morgan fingerprint density at radius 1 is 1.24 bits per heavy atom. The van der Waals surface area contributed by atoms with Crippen LogP contribution in [0.15, 0.2) is 18.5 Å². The van der Waals surface area contributed by atoms with Gasteiger partial charge in [-0.2, -0.15) is 4.98 Å². The van der Waals surface area contributed by atoms with Crippen LogP contribution in [-0.2, 0) is 0 Å². The van der Waals surface area contributed by atoms with Gasteiger partial charge in [0.1, 0.15) is 23.6 Å². The van der Waals surface area contributed by atoms with Crippen molar-refractivity contribution >= 4 is 17.2 Å². The smallest absolute Gasteiger partial charge is 0.242 e. The van der Waals surface area contributed by atoms with Crippen LogP contribution in [0, 0.1) is 18.6 Å². The van der Waals surface area contributed by atoms with Gasteiger partial charge in [-0.3, -0.25) is 0 Å². The van der Waals surface area contributed by atoms with Crippen molar-refractivity contribution in [1.82, 2.24) is 9.97 Å². The van der Waals surface area contributed by atoms with E-state index in [1.807, 2.05) is 6.92 Å². The van der Waals surface area contributed by atoms with Crippen molar-refractivity contribution in [2.45, 2.75) is 20.3 Å². The van der Waals surface area contributed by atoms with Crippen molar-refractivity contribution < 1.29 is 13.5 Å². The Bertz CT molecular complexity index is 649. The van der Waals surface area contributed by atoms with Gasteiger partial charge in [0, 0.05) is 6.07 Å². The molecule has 0 amide bonds. The summed E-state index contributed by atoms with van der Waals surface area (Å²) in [6.07, 6.45) is 2.04. The number of ether oxygens (including phenoxy) is 1. The molecule has 0 saturated heterocycles. The molecule has 1 aromatic carbocycles. The van der Waals surface area contributed by atoms with E-state index in [2.05, 4.69) is 15.3 Å². The summed E-state index contributed by atoms with van der Waals surface area (Å²) in [5.74, 6) is -0.738. The molecule has 2 rings (SSSR count). The summed E-state index contributed by atoms with van der Waals surface area (Å²) < 4.78 is 32.7. The SMILES string of the molecule is CCCOc1ncnc(Nc2cc(F)c(C)cc2F)c1N. The molecule has 0 radical (unpaired) electrons. The fourth-order valence-corrected chi connectivity index (χ4v) is 1.66. The summed E-state index contributed by atoms with van der Waals surface area (Å²) in [5, 5.41) is 2.65. The van der Waals surface area contributed by atoms with E-state index >= 15 is 0 Å². The maximum absolute atomic E-state index is 13.8. The van der Waals surface area contributed by atoms with Gasteiger partial charge in [0.15, 0.2) is 5.82 Å². The molecule has 7 heteroatoms. The van der Waals surface area contributed by atoms with Crippen LogP contribution < -0.4 is 15.8 Å². The standard InChI is InChI=1S/C14H16F2N4O/c1-3-4-21-14-12(17)13(18-7-19-14)20-11-6-9(15)8(2)5-10(11)16/h5-7H,3-4,17H2,1-2H3,(H,18,19,20). The number of nitrogens with one attached hydrogen (secondary N) is 1. The van der Waals surface area contributed by atoms with Crippen molar-refractivity contribution in [2.75, 3.05) is 17.7 Å². The molecule has 0 aliphatic rings. The Kier molecular flexibility index (Phi) is 4.52. The number of nitrogen functional groups attached to an aromatic ring is 1. The number of benzene rings is 1. The van der Waals surface area contributed by atoms with Crippen molar-refractivity contribution in [3.8, 4) is 5.88 Å². The molecular weight excluding hydrogens is 278 g/mol. The van der Waals surface area contributed by atoms with E-state index in [4.69, 9.17) is 10.5 Å². The van der Waals surface area contributed by atoms with Crippen molar-refractivity contribution in [1.29, 1.82) is 0 Å².